The molecule has 0 aromatic heterocycles. The van der Waals surface area contributed by atoms with Gasteiger partial charge in [0.05, 0.1) is 15.6 Å². The zero-order chi connectivity index (χ0) is 17.8. The van der Waals surface area contributed by atoms with Gasteiger partial charge in [0.2, 0.25) is 6.79 Å². The number of rotatable bonds is 2. The maximum atomic E-state index is 8.88. The smallest absolute Gasteiger partial charge is 0.231 e. The standard InChI is InChI=1S/C20H19NO4/c1-22-17-4-3-12-7-16-14-9-19-18(24-11-25-19)8-13(14)5-6-21(16)10-15(12)20(17)23-2/h3-4,7-9H,5-6,10-11H2,1-2H3/i10D/t10-/m1/s1. The van der Waals surface area contributed by atoms with Crippen LogP contribution in [0.3, 0.4) is 0 Å². The fraction of sp³-hybridized carbons (Fsp3) is 0.300. The van der Waals surface area contributed by atoms with Crippen LogP contribution >= 0.6 is 0 Å². The summed E-state index contributed by atoms with van der Waals surface area (Å²) in [6, 6.07) is 7.98. The number of ether oxygens (including phenoxy) is 4. The topological polar surface area (TPSA) is 40.2 Å². The number of nitrogens with zero attached hydrogens (tertiary/aromatic N) is 1. The molecule has 0 N–H and O–H groups in total. The van der Waals surface area contributed by atoms with E-state index >= 15 is 0 Å². The van der Waals surface area contributed by atoms with Crippen LogP contribution in [0.4, 0.5) is 0 Å². The molecule has 2 aromatic rings. The molecule has 128 valence electrons. The van der Waals surface area contributed by atoms with Gasteiger partial charge in [0.25, 0.3) is 0 Å². The average molecular weight is 338 g/mol. The van der Waals surface area contributed by atoms with Crippen LogP contribution in [0.2, 0.25) is 0 Å². The summed E-state index contributed by atoms with van der Waals surface area (Å²) in [5.41, 5.74) is 5.22. The van der Waals surface area contributed by atoms with E-state index in [1.54, 1.807) is 14.2 Å². The number of benzene rings is 2. The Balaban J connectivity index is 1.70. The first kappa shape index (κ1) is 13.5. The lowest BCUT2D eigenvalue weighted by Crippen LogP contribution is -2.31. The van der Waals surface area contributed by atoms with Crippen LogP contribution in [-0.4, -0.2) is 32.5 Å². The first-order chi connectivity index (χ1) is 12.7. The van der Waals surface area contributed by atoms with Gasteiger partial charge in [-0.2, -0.15) is 0 Å². The lowest BCUT2D eigenvalue weighted by molar-refractivity contribution is 0.174. The van der Waals surface area contributed by atoms with Crippen molar-refractivity contribution in [2.45, 2.75) is 12.9 Å². The molecule has 0 radical (unpaired) electrons. The van der Waals surface area contributed by atoms with Crippen molar-refractivity contribution in [1.29, 1.82) is 0 Å². The van der Waals surface area contributed by atoms with Gasteiger partial charge in [-0.15, -0.1) is 0 Å². The van der Waals surface area contributed by atoms with E-state index in [0.717, 1.165) is 46.9 Å². The highest BCUT2D eigenvalue weighted by atomic mass is 16.7. The monoisotopic (exact) mass is 338 g/mol. The van der Waals surface area contributed by atoms with E-state index in [4.69, 9.17) is 20.3 Å². The second-order valence-corrected chi connectivity index (χ2v) is 6.27. The van der Waals surface area contributed by atoms with Gasteiger partial charge in [-0.3, -0.25) is 0 Å². The third-order valence-electron chi connectivity index (χ3n) is 5.00. The van der Waals surface area contributed by atoms with Crippen molar-refractivity contribution in [2.24, 2.45) is 0 Å². The van der Waals surface area contributed by atoms with E-state index in [-0.39, 0.29) is 6.79 Å². The van der Waals surface area contributed by atoms with Crippen LogP contribution in [-0.2, 0) is 12.9 Å². The second kappa shape index (κ2) is 5.34. The van der Waals surface area contributed by atoms with Crippen LogP contribution < -0.4 is 18.9 Å². The van der Waals surface area contributed by atoms with Crippen molar-refractivity contribution in [3.63, 3.8) is 0 Å². The number of methoxy groups -OCH3 is 2. The van der Waals surface area contributed by atoms with Crippen LogP contribution in [0.1, 0.15) is 23.6 Å². The highest BCUT2D eigenvalue weighted by Crippen LogP contribution is 2.45. The summed E-state index contributed by atoms with van der Waals surface area (Å²) in [5, 5.41) is 0. The fourth-order valence-corrected chi connectivity index (χ4v) is 3.77. The Morgan fingerprint density at radius 1 is 1.12 bits per heavy atom. The van der Waals surface area contributed by atoms with Crippen LogP contribution in [0.15, 0.2) is 24.3 Å². The lowest BCUT2D eigenvalue weighted by Gasteiger charge is -2.37. The third kappa shape index (κ3) is 2.08. The van der Waals surface area contributed by atoms with Crippen molar-refractivity contribution >= 4 is 11.8 Å². The number of fused-ring (bicyclic) bond motifs is 5. The molecule has 0 saturated heterocycles. The molecule has 0 aliphatic carbocycles. The SMILES string of the molecule is [2H][C@@H]1c2c(ccc(OC)c2OC)C=C2c3cc4c(cc3CCN21)OCO4. The van der Waals surface area contributed by atoms with Gasteiger partial charge in [0, 0.05) is 29.9 Å². The van der Waals surface area contributed by atoms with Gasteiger partial charge in [0.15, 0.2) is 23.0 Å². The van der Waals surface area contributed by atoms with Crippen LogP contribution in [0, 0.1) is 0 Å². The van der Waals surface area contributed by atoms with Gasteiger partial charge in [-0.25, -0.2) is 0 Å². The molecular formula is C20H19NO4. The minimum Gasteiger partial charge on any atom is -0.493 e. The summed E-state index contributed by atoms with van der Waals surface area (Å²) in [7, 11) is 3.24. The largest absolute Gasteiger partial charge is 0.493 e. The van der Waals surface area contributed by atoms with Gasteiger partial charge in [-0.05, 0) is 41.8 Å². The third-order valence-corrected chi connectivity index (χ3v) is 5.00. The van der Waals surface area contributed by atoms with E-state index in [9.17, 15) is 0 Å². The molecule has 1 atom stereocenters. The molecule has 0 amide bonds. The molecule has 0 fully saturated rings. The van der Waals surface area contributed by atoms with Crippen molar-refractivity contribution in [1.82, 2.24) is 4.90 Å². The Labute approximate surface area is 147 Å². The van der Waals surface area contributed by atoms with Gasteiger partial charge in [0.1, 0.15) is 0 Å². The molecular weight excluding hydrogens is 318 g/mol. The van der Waals surface area contributed by atoms with Crippen molar-refractivity contribution in [3.8, 4) is 23.0 Å². The maximum Gasteiger partial charge on any atom is 0.231 e. The molecule has 0 unspecified atom stereocenters. The lowest BCUT2D eigenvalue weighted by atomic mass is 9.90. The summed E-state index contributed by atoms with van der Waals surface area (Å²) in [4.78, 5) is 2.11. The second-order valence-electron chi connectivity index (χ2n) is 6.27. The Hall–Kier alpha value is -2.82. The van der Waals surface area contributed by atoms with E-state index in [1.165, 1.54) is 5.56 Å². The van der Waals surface area contributed by atoms with Gasteiger partial charge < -0.3 is 23.8 Å². The van der Waals surface area contributed by atoms with E-state index < -0.39 is 6.52 Å². The minimum atomic E-state index is -0.548. The molecule has 3 aliphatic heterocycles. The predicted octanol–water partition coefficient (Wildman–Crippen LogP) is 3.30. The number of hydrogen-bond donors (Lipinski definition) is 0. The van der Waals surface area contributed by atoms with Gasteiger partial charge in [-0.1, -0.05) is 6.07 Å². The average Bonchev–Trinajstić information content (AvgIpc) is 3.12. The molecule has 3 aliphatic rings. The summed E-state index contributed by atoms with van der Waals surface area (Å²) in [5.74, 6) is 2.87. The Morgan fingerprint density at radius 2 is 1.96 bits per heavy atom. The van der Waals surface area contributed by atoms with Crippen molar-refractivity contribution in [3.05, 3.63) is 46.5 Å². The Morgan fingerprint density at radius 3 is 2.76 bits per heavy atom. The molecule has 3 heterocycles. The predicted molar refractivity (Wildman–Crippen MR) is 94.1 cm³/mol. The van der Waals surface area contributed by atoms with Crippen LogP contribution in [0.5, 0.6) is 23.0 Å². The zero-order valence-electron chi connectivity index (χ0n) is 15.2. The van der Waals surface area contributed by atoms with Crippen molar-refractivity contribution in [2.75, 3.05) is 27.6 Å². The first-order valence-electron chi connectivity index (χ1n) is 8.87. The molecule has 25 heavy (non-hydrogen) atoms. The van der Waals surface area contributed by atoms with Crippen molar-refractivity contribution < 1.29 is 20.3 Å². The summed E-state index contributed by atoms with van der Waals surface area (Å²) >= 11 is 0. The molecule has 5 rings (SSSR count). The first-order valence-corrected chi connectivity index (χ1v) is 8.29. The molecule has 5 heteroatoms. The quantitative estimate of drug-likeness (QED) is 0.840. The molecule has 0 bridgehead atoms. The maximum absolute atomic E-state index is 8.88. The Kier molecular flexibility index (Phi) is 2.88. The Bertz CT molecular complexity index is 940. The summed E-state index contributed by atoms with van der Waals surface area (Å²) < 4.78 is 30.9. The highest BCUT2D eigenvalue weighted by Gasteiger charge is 2.30. The highest BCUT2D eigenvalue weighted by molar-refractivity contribution is 5.87. The summed E-state index contributed by atoms with van der Waals surface area (Å²) in [6.07, 6.45) is 2.99. The summed E-state index contributed by atoms with van der Waals surface area (Å²) in [6.45, 7) is 0.488. The minimum absolute atomic E-state index is 0.266. The molecule has 2 aromatic carbocycles. The van der Waals surface area contributed by atoms with Gasteiger partial charge >= 0.3 is 0 Å². The zero-order valence-corrected chi connectivity index (χ0v) is 14.2. The van der Waals surface area contributed by atoms with E-state index in [2.05, 4.69) is 17.0 Å². The number of hydrogen-bond acceptors (Lipinski definition) is 5. The molecule has 0 saturated carbocycles. The van der Waals surface area contributed by atoms with E-state index in [0.29, 0.717) is 11.5 Å². The molecule has 0 spiro atoms. The fourth-order valence-electron chi connectivity index (χ4n) is 3.77. The van der Waals surface area contributed by atoms with E-state index in [1.807, 2.05) is 18.2 Å². The van der Waals surface area contributed by atoms with Crippen LogP contribution in [0.25, 0.3) is 11.8 Å². The normalized spacial score (nSPS) is 20.1. The molecule has 5 nitrogen and oxygen atoms in total.